The molecule has 2 aromatic heterocycles. The fourth-order valence-corrected chi connectivity index (χ4v) is 4.46. The van der Waals surface area contributed by atoms with E-state index < -0.39 is 0 Å². The van der Waals surface area contributed by atoms with Gasteiger partial charge in [-0.05, 0) is 57.2 Å². The van der Waals surface area contributed by atoms with Crippen molar-refractivity contribution < 1.29 is 23.7 Å². The molecule has 0 atom stereocenters. The zero-order valence-corrected chi connectivity index (χ0v) is 20.3. The summed E-state index contributed by atoms with van der Waals surface area (Å²) in [5.74, 6) is 2.78. The molecule has 0 unspecified atom stereocenters. The van der Waals surface area contributed by atoms with E-state index >= 15 is 0 Å². The molecule has 1 N–H and O–H groups in total. The van der Waals surface area contributed by atoms with Gasteiger partial charge in [0.2, 0.25) is 11.9 Å². The number of fused-ring (bicyclic) bond motifs is 1. The molecule has 9 nitrogen and oxygen atoms in total. The molecule has 1 amide bonds. The first kappa shape index (κ1) is 22.7. The number of ether oxygens (including phenoxy) is 4. The first-order valence-corrected chi connectivity index (χ1v) is 12.1. The van der Waals surface area contributed by atoms with Crippen molar-refractivity contribution in [3.05, 3.63) is 59.1 Å². The molecule has 180 valence electrons. The van der Waals surface area contributed by atoms with E-state index in [1.165, 1.54) is 11.3 Å². The number of thiazole rings is 1. The SMILES string of the molecule is CCOc1ccc(C(=O)Nc2cc(C)nn2-c2nc(-c3ccc4c(c3)OCO4)cs2)cc1OCC. The molecule has 0 radical (unpaired) electrons. The molecule has 0 saturated carbocycles. The molecule has 3 heterocycles. The largest absolute Gasteiger partial charge is 0.490 e. The lowest BCUT2D eigenvalue weighted by molar-refractivity contribution is 0.102. The van der Waals surface area contributed by atoms with Gasteiger partial charge in [-0.15, -0.1) is 11.3 Å². The first-order chi connectivity index (χ1) is 17.1. The number of aromatic nitrogens is 3. The van der Waals surface area contributed by atoms with Gasteiger partial charge in [-0.3, -0.25) is 4.79 Å². The van der Waals surface area contributed by atoms with E-state index in [1.54, 1.807) is 28.9 Å². The number of amides is 1. The van der Waals surface area contributed by atoms with Crippen LogP contribution in [0.15, 0.2) is 47.8 Å². The van der Waals surface area contributed by atoms with Gasteiger partial charge in [-0.25, -0.2) is 4.98 Å². The van der Waals surface area contributed by atoms with Crippen molar-refractivity contribution in [3.8, 4) is 39.4 Å². The number of hydrogen-bond donors (Lipinski definition) is 1. The molecule has 1 aliphatic rings. The molecule has 35 heavy (non-hydrogen) atoms. The van der Waals surface area contributed by atoms with Gasteiger partial charge < -0.3 is 24.3 Å². The standard InChI is InChI=1S/C25H24N4O5S/c1-4-31-19-9-7-17(12-21(19)32-5-2)24(30)27-23-10-15(3)28-29(23)25-26-18(13-35-25)16-6-8-20-22(11-16)34-14-33-20/h6-13H,4-5,14H2,1-3H3,(H,27,30). The second-order valence-electron chi connectivity index (χ2n) is 7.65. The summed E-state index contributed by atoms with van der Waals surface area (Å²) in [4.78, 5) is 17.8. The van der Waals surface area contributed by atoms with Crippen LogP contribution in [0.1, 0.15) is 29.9 Å². The van der Waals surface area contributed by atoms with Gasteiger partial charge >= 0.3 is 0 Å². The van der Waals surface area contributed by atoms with Gasteiger partial charge in [0.25, 0.3) is 5.91 Å². The summed E-state index contributed by atoms with van der Waals surface area (Å²) in [5.41, 5.74) is 2.88. The van der Waals surface area contributed by atoms with E-state index in [2.05, 4.69) is 10.4 Å². The molecule has 10 heteroatoms. The Morgan fingerprint density at radius 1 is 1.06 bits per heavy atom. The average molecular weight is 493 g/mol. The highest BCUT2D eigenvalue weighted by Gasteiger charge is 2.19. The van der Waals surface area contributed by atoms with E-state index in [4.69, 9.17) is 23.9 Å². The molecule has 1 aliphatic heterocycles. The van der Waals surface area contributed by atoms with Crippen molar-refractivity contribution >= 4 is 23.1 Å². The molecule has 0 fully saturated rings. The van der Waals surface area contributed by atoms with Crippen molar-refractivity contribution in [2.75, 3.05) is 25.3 Å². The van der Waals surface area contributed by atoms with Crippen molar-refractivity contribution in [2.24, 2.45) is 0 Å². The number of benzene rings is 2. The number of carbonyl (C=O) groups is 1. The minimum absolute atomic E-state index is 0.219. The highest BCUT2D eigenvalue weighted by atomic mass is 32.1. The maximum Gasteiger partial charge on any atom is 0.256 e. The van der Waals surface area contributed by atoms with Crippen LogP contribution in [0, 0.1) is 6.92 Å². The summed E-state index contributed by atoms with van der Waals surface area (Å²) in [6.07, 6.45) is 0. The number of aryl methyl sites for hydroxylation is 1. The normalized spacial score (nSPS) is 12.0. The van der Waals surface area contributed by atoms with Crippen LogP contribution in [-0.2, 0) is 0 Å². The molecule has 2 aromatic carbocycles. The molecule has 5 rings (SSSR count). The lowest BCUT2D eigenvalue weighted by Gasteiger charge is -2.12. The van der Waals surface area contributed by atoms with E-state index in [0.717, 1.165) is 22.7 Å². The molecule has 4 aromatic rings. The fraction of sp³-hybridized carbons (Fsp3) is 0.240. The van der Waals surface area contributed by atoms with Gasteiger partial charge in [0, 0.05) is 22.6 Å². The predicted molar refractivity (Wildman–Crippen MR) is 132 cm³/mol. The van der Waals surface area contributed by atoms with Crippen LogP contribution in [0.5, 0.6) is 23.0 Å². The number of hydrogen-bond acceptors (Lipinski definition) is 8. The lowest BCUT2D eigenvalue weighted by Crippen LogP contribution is -2.15. The van der Waals surface area contributed by atoms with E-state index in [0.29, 0.717) is 47.0 Å². The molecule has 0 bridgehead atoms. The molecule has 0 saturated heterocycles. The van der Waals surface area contributed by atoms with Crippen LogP contribution in [0.2, 0.25) is 0 Å². The fourth-order valence-electron chi connectivity index (χ4n) is 3.67. The van der Waals surface area contributed by atoms with Crippen molar-refractivity contribution in [1.82, 2.24) is 14.8 Å². The summed E-state index contributed by atoms with van der Waals surface area (Å²) in [6, 6.07) is 12.6. The molecular weight excluding hydrogens is 468 g/mol. The molecule has 0 spiro atoms. The van der Waals surface area contributed by atoms with Gasteiger partial charge in [0.1, 0.15) is 5.82 Å². The zero-order valence-electron chi connectivity index (χ0n) is 19.5. The maximum absolute atomic E-state index is 13.1. The third kappa shape index (κ3) is 4.65. The first-order valence-electron chi connectivity index (χ1n) is 11.2. The predicted octanol–water partition coefficient (Wildman–Crippen LogP) is 5.08. The minimum atomic E-state index is -0.289. The molecule has 0 aliphatic carbocycles. The van der Waals surface area contributed by atoms with Crippen LogP contribution in [0.3, 0.4) is 0 Å². The Bertz CT molecular complexity index is 1380. The number of rotatable bonds is 8. The number of anilines is 1. The Balaban J connectivity index is 1.39. The second-order valence-corrected chi connectivity index (χ2v) is 8.48. The highest BCUT2D eigenvalue weighted by molar-refractivity contribution is 7.12. The van der Waals surface area contributed by atoms with Crippen LogP contribution in [0.4, 0.5) is 5.82 Å². The zero-order chi connectivity index (χ0) is 24.4. The topological polar surface area (TPSA) is 96.7 Å². The third-order valence-corrected chi connectivity index (χ3v) is 6.04. The Hall–Kier alpha value is -4.05. The van der Waals surface area contributed by atoms with Gasteiger partial charge in [0.05, 0.1) is 24.6 Å². The van der Waals surface area contributed by atoms with Crippen LogP contribution < -0.4 is 24.3 Å². The molecular formula is C25H24N4O5S. The Kier molecular flexibility index (Phi) is 6.28. The van der Waals surface area contributed by atoms with Crippen LogP contribution in [0.25, 0.3) is 16.4 Å². The van der Waals surface area contributed by atoms with Crippen molar-refractivity contribution in [3.63, 3.8) is 0 Å². The Morgan fingerprint density at radius 2 is 1.86 bits per heavy atom. The van der Waals surface area contributed by atoms with E-state index in [9.17, 15) is 4.79 Å². The minimum Gasteiger partial charge on any atom is -0.490 e. The summed E-state index contributed by atoms with van der Waals surface area (Å²) in [6.45, 7) is 6.84. The Labute approximate surface area is 206 Å². The van der Waals surface area contributed by atoms with Crippen molar-refractivity contribution in [2.45, 2.75) is 20.8 Å². The monoisotopic (exact) mass is 492 g/mol. The summed E-state index contributed by atoms with van der Waals surface area (Å²) >= 11 is 1.43. The maximum atomic E-state index is 13.1. The highest BCUT2D eigenvalue weighted by Crippen LogP contribution is 2.36. The smallest absolute Gasteiger partial charge is 0.256 e. The van der Waals surface area contributed by atoms with E-state index in [-0.39, 0.29) is 12.7 Å². The van der Waals surface area contributed by atoms with Crippen molar-refractivity contribution in [1.29, 1.82) is 0 Å². The van der Waals surface area contributed by atoms with Gasteiger partial charge in [0.15, 0.2) is 23.0 Å². The average Bonchev–Trinajstić information content (AvgIpc) is 3.59. The Morgan fingerprint density at radius 3 is 2.69 bits per heavy atom. The van der Waals surface area contributed by atoms with Gasteiger partial charge in [-0.1, -0.05) is 0 Å². The lowest BCUT2D eigenvalue weighted by atomic mass is 10.1. The number of carbonyl (C=O) groups excluding carboxylic acids is 1. The second kappa shape index (κ2) is 9.67. The third-order valence-electron chi connectivity index (χ3n) is 5.22. The van der Waals surface area contributed by atoms with E-state index in [1.807, 2.05) is 44.4 Å². The van der Waals surface area contributed by atoms with Gasteiger partial charge in [-0.2, -0.15) is 9.78 Å². The van der Waals surface area contributed by atoms with Crippen LogP contribution >= 0.6 is 11.3 Å². The summed E-state index contributed by atoms with van der Waals surface area (Å²) in [5, 5.41) is 10.1. The number of nitrogens with one attached hydrogen (secondary N) is 1. The summed E-state index contributed by atoms with van der Waals surface area (Å²) < 4.78 is 23.7. The quantitative estimate of drug-likeness (QED) is 0.366. The number of nitrogens with zero attached hydrogens (tertiary/aromatic N) is 3. The summed E-state index contributed by atoms with van der Waals surface area (Å²) in [7, 11) is 0. The van der Waals surface area contributed by atoms with Crippen LogP contribution in [-0.4, -0.2) is 40.7 Å².